The fourth-order valence-corrected chi connectivity index (χ4v) is 4.21. The van der Waals surface area contributed by atoms with Crippen LogP contribution in [0.15, 0.2) is 42.5 Å². The van der Waals surface area contributed by atoms with E-state index in [0.717, 1.165) is 49.7 Å². The maximum absolute atomic E-state index is 10.3. The molecule has 0 aliphatic carbocycles. The molecule has 0 amide bonds. The third-order valence-corrected chi connectivity index (χ3v) is 6.27. The van der Waals surface area contributed by atoms with Crippen LogP contribution in [0.5, 0.6) is 17.2 Å². The Kier molecular flexibility index (Phi) is 7.85. The highest BCUT2D eigenvalue weighted by Crippen LogP contribution is 2.36. The molecule has 8 heteroatoms. The topological polar surface area (TPSA) is 129 Å². The van der Waals surface area contributed by atoms with E-state index >= 15 is 0 Å². The summed E-state index contributed by atoms with van der Waals surface area (Å²) in [6.45, 7) is -0.534. The van der Waals surface area contributed by atoms with Gasteiger partial charge < -0.3 is 39.7 Å². The molecule has 5 rings (SSSR count). The standard InChI is InChI=1S/C25H32O8/c26-14-21-22(28)23(29)24(30)25(33-21)32-19-12-8-16-3-1-2-4-17(27)9-5-15-6-10-18(11-7-15)31-20(19)13-16/h6-8,10-13,17,21-30H,1-5,9,14H2/t17-,21-,22-,23+,24-,25-/m1/s1. The van der Waals surface area contributed by atoms with Crippen LogP contribution in [-0.4, -0.2) is 68.9 Å². The number of rotatable bonds is 3. The second kappa shape index (κ2) is 10.8. The van der Waals surface area contributed by atoms with E-state index in [4.69, 9.17) is 14.2 Å². The average Bonchev–Trinajstić information content (AvgIpc) is 2.83. The van der Waals surface area contributed by atoms with Crippen LogP contribution in [0.25, 0.3) is 0 Å². The third kappa shape index (κ3) is 5.84. The molecule has 3 heterocycles. The molecule has 4 bridgehead atoms. The van der Waals surface area contributed by atoms with Crippen molar-refractivity contribution in [3.05, 3.63) is 53.6 Å². The summed E-state index contributed by atoms with van der Waals surface area (Å²) in [5.41, 5.74) is 2.15. The van der Waals surface area contributed by atoms with Gasteiger partial charge in [-0.05, 0) is 67.5 Å². The van der Waals surface area contributed by atoms with Gasteiger partial charge >= 0.3 is 0 Å². The maximum atomic E-state index is 10.3. The zero-order valence-electron chi connectivity index (χ0n) is 18.4. The Morgan fingerprint density at radius 3 is 2.33 bits per heavy atom. The molecule has 3 aliphatic rings. The van der Waals surface area contributed by atoms with E-state index in [-0.39, 0.29) is 6.10 Å². The second-order valence-electron chi connectivity index (χ2n) is 8.78. The van der Waals surface area contributed by atoms with Crippen LogP contribution in [0.1, 0.15) is 36.8 Å². The Balaban J connectivity index is 1.59. The first-order valence-electron chi connectivity index (χ1n) is 11.5. The minimum atomic E-state index is -1.53. The van der Waals surface area contributed by atoms with E-state index in [1.807, 2.05) is 36.4 Å². The molecule has 180 valence electrons. The lowest BCUT2D eigenvalue weighted by atomic mass is 9.99. The molecule has 0 saturated carbocycles. The molecular weight excluding hydrogens is 428 g/mol. The van der Waals surface area contributed by atoms with Crippen molar-refractivity contribution in [3.63, 3.8) is 0 Å². The first-order chi connectivity index (χ1) is 15.9. The predicted molar refractivity (Wildman–Crippen MR) is 119 cm³/mol. The molecule has 1 fully saturated rings. The molecule has 2 aromatic carbocycles. The molecule has 3 aliphatic heterocycles. The summed E-state index contributed by atoms with van der Waals surface area (Å²) in [6.07, 6.45) is -2.23. The summed E-state index contributed by atoms with van der Waals surface area (Å²) in [7, 11) is 0. The van der Waals surface area contributed by atoms with E-state index in [1.165, 1.54) is 0 Å². The van der Waals surface area contributed by atoms with Crippen molar-refractivity contribution < 1.29 is 39.7 Å². The van der Waals surface area contributed by atoms with E-state index in [1.54, 1.807) is 6.07 Å². The average molecular weight is 461 g/mol. The van der Waals surface area contributed by atoms with Gasteiger partial charge in [0.15, 0.2) is 11.5 Å². The van der Waals surface area contributed by atoms with Crippen LogP contribution < -0.4 is 9.47 Å². The number of aryl methyl sites for hydroxylation is 2. The molecule has 8 nitrogen and oxygen atoms in total. The molecule has 0 spiro atoms. The van der Waals surface area contributed by atoms with Crippen LogP contribution in [0.4, 0.5) is 0 Å². The van der Waals surface area contributed by atoms with Crippen LogP contribution in [0, 0.1) is 0 Å². The summed E-state index contributed by atoms with van der Waals surface area (Å²) in [5, 5.41) is 50.1. The van der Waals surface area contributed by atoms with Gasteiger partial charge in [-0.1, -0.05) is 24.6 Å². The number of aliphatic hydroxyl groups is 5. The lowest BCUT2D eigenvalue weighted by Gasteiger charge is -2.39. The number of hydrogen-bond acceptors (Lipinski definition) is 8. The van der Waals surface area contributed by atoms with Crippen LogP contribution in [-0.2, 0) is 17.6 Å². The van der Waals surface area contributed by atoms with E-state index < -0.39 is 37.3 Å². The van der Waals surface area contributed by atoms with Crippen molar-refractivity contribution in [2.45, 2.75) is 75.3 Å². The summed E-state index contributed by atoms with van der Waals surface area (Å²) < 4.78 is 17.4. The van der Waals surface area contributed by atoms with Gasteiger partial charge in [0.1, 0.15) is 30.2 Å². The van der Waals surface area contributed by atoms with Gasteiger partial charge in [0.2, 0.25) is 6.29 Å². The van der Waals surface area contributed by atoms with E-state index in [0.29, 0.717) is 17.2 Å². The zero-order valence-corrected chi connectivity index (χ0v) is 18.4. The molecule has 5 N–H and O–H groups in total. The smallest absolute Gasteiger partial charge is 0.229 e. The minimum Gasteiger partial charge on any atom is -0.458 e. The number of benzene rings is 2. The summed E-state index contributed by atoms with van der Waals surface area (Å²) in [6, 6.07) is 13.1. The first kappa shape index (κ1) is 23.9. The number of ether oxygens (including phenoxy) is 3. The third-order valence-electron chi connectivity index (χ3n) is 6.27. The molecule has 0 radical (unpaired) electrons. The molecule has 33 heavy (non-hydrogen) atoms. The Morgan fingerprint density at radius 2 is 1.58 bits per heavy atom. The van der Waals surface area contributed by atoms with Crippen molar-refractivity contribution in [3.8, 4) is 17.2 Å². The Bertz CT molecular complexity index is 900. The fourth-order valence-electron chi connectivity index (χ4n) is 4.21. The lowest BCUT2D eigenvalue weighted by molar-refractivity contribution is -0.277. The van der Waals surface area contributed by atoms with Gasteiger partial charge in [0, 0.05) is 0 Å². The van der Waals surface area contributed by atoms with E-state index in [2.05, 4.69) is 0 Å². The Morgan fingerprint density at radius 1 is 0.818 bits per heavy atom. The minimum absolute atomic E-state index is 0.298. The normalized spacial score (nSPS) is 30.7. The fraction of sp³-hybridized carbons (Fsp3) is 0.520. The van der Waals surface area contributed by atoms with Crippen molar-refractivity contribution >= 4 is 0 Å². The van der Waals surface area contributed by atoms with Gasteiger partial charge in [0.25, 0.3) is 0 Å². The number of aliphatic hydroxyl groups excluding tert-OH is 5. The molecule has 0 aromatic heterocycles. The van der Waals surface area contributed by atoms with Crippen molar-refractivity contribution in [2.75, 3.05) is 6.61 Å². The van der Waals surface area contributed by atoms with Gasteiger partial charge in [0.05, 0.1) is 12.7 Å². The van der Waals surface area contributed by atoms with Gasteiger partial charge in [-0.25, -0.2) is 0 Å². The maximum Gasteiger partial charge on any atom is 0.229 e. The lowest BCUT2D eigenvalue weighted by Crippen LogP contribution is -2.60. The van der Waals surface area contributed by atoms with Gasteiger partial charge in [-0.3, -0.25) is 0 Å². The van der Waals surface area contributed by atoms with Gasteiger partial charge in [-0.2, -0.15) is 0 Å². The van der Waals surface area contributed by atoms with Crippen molar-refractivity contribution in [1.29, 1.82) is 0 Å². The van der Waals surface area contributed by atoms with Crippen LogP contribution in [0.2, 0.25) is 0 Å². The highest BCUT2D eigenvalue weighted by Gasteiger charge is 2.45. The quantitative estimate of drug-likeness (QED) is 0.468. The highest BCUT2D eigenvalue weighted by atomic mass is 16.7. The summed E-state index contributed by atoms with van der Waals surface area (Å²) in [4.78, 5) is 0. The van der Waals surface area contributed by atoms with E-state index in [9.17, 15) is 25.5 Å². The predicted octanol–water partition coefficient (Wildman–Crippen LogP) is 1.68. The van der Waals surface area contributed by atoms with Crippen molar-refractivity contribution in [1.82, 2.24) is 0 Å². The first-order valence-corrected chi connectivity index (χ1v) is 11.5. The largest absolute Gasteiger partial charge is 0.458 e. The van der Waals surface area contributed by atoms with Gasteiger partial charge in [-0.15, -0.1) is 0 Å². The monoisotopic (exact) mass is 460 g/mol. The van der Waals surface area contributed by atoms with Crippen molar-refractivity contribution in [2.24, 2.45) is 0 Å². The number of hydrogen-bond donors (Lipinski definition) is 5. The highest BCUT2D eigenvalue weighted by molar-refractivity contribution is 5.46. The molecule has 1 saturated heterocycles. The van der Waals surface area contributed by atoms with Crippen LogP contribution >= 0.6 is 0 Å². The Hall–Kier alpha value is -2.20. The zero-order chi connectivity index (χ0) is 23.4. The summed E-state index contributed by atoms with van der Waals surface area (Å²) >= 11 is 0. The molecular formula is C25H32O8. The second-order valence-corrected chi connectivity index (χ2v) is 8.78. The van der Waals surface area contributed by atoms with Crippen LogP contribution in [0.3, 0.4) is 0 Å². The molecule has 2 aromatic rings. The number of fused-ring (bicyclic) bond motifs is 8. The summed E-state index contributed by atoms with van der Waals surface area (Å²) in [5.74, 6) is 1.32. The Labute approximate surface area is 193 Å². The molecule has 6 atom stereocenters. The SMILES string of the molecule is OC[C@H]1O[C@@H](Oc2ccc3cc2Oc2ccc(cc2)CC[C@H](O)CCCC3)[C@H](O)[C@@H](O)[C@@H]1O. The molecule has 0 unspecified atom stereocenters.